The maximum atomic E-state index is 2.32. The Bertz CT molecular complexity index is 201. The van der Waals surface area contributed by atoms with Crippen molar-refractivity contribution in [3.05, 3.63) is 24.5 Å². The van der Waals surface area contributed by atoms with Crippen LogP contribution in [0.25, 0.3) is 0 Å². The van der Waals surface area contributed by atoms with Gasteiger partial charge in [0, 0.05) is 18.4 Å². The van der Waals surface area contributed by atoms with Crippen molar-refractivity contribution < 1.29 is 0 Å². The van der Waals surface area contributed by atoms with Crippen LogP contribution in [0.5, 0.6) is 0 Å². The summed E-state index contributed by atoms with van der Waals surface area (Å²) in [5.74, 6) is 0.836. The second-order valence-corrected chi connectivity index (χ2v) is 3.73. The maximum Gasteiger partial charge on any atom is 0.0304 e. The molecule has 0 N–H and O–H groups in total. The summed E-state index contributed by atoms with van der Waals surface area (Å²) in [4.78, 5) is 0. The molecule has 12 heavy (non-hydrogen) atoms. The van der Waals surface area contributed by atoms with Gasteiger partial charge in [0.1, 0.15) is 0 Å². The molecule has 0 bridgehead atoms. The van der Waals surface area contributed by atoms with E-state index in [1.165, 1.54) is 12.8 Å². The molecular formula is C11H19N. The van der Waals surface area contributed by atoms with Gasteiger partial charge in [-0.3, -0.25) is 0 Å². The van der Waals surface area contributed by atoms with Crippen molar-refractivity contribution in [1.82, 2.24) is 4.57 Å². The molecule has 1 nitrogen and oxygen atoms in total. The lowest BCUT2D eigenvalue weighted by molar-refractivity contribution is 0.399. The summed E-state index contributed by atoms with van der Waals surface area (Å²) in [7, 11) is 0. The van der Waals surface area contributed by atoms with E-state index >= 15 is 0 Å². The quantitative estimate of drug-likeness (QED) is 0.643. The molecule has 0 aliphatic rings. The van der Waals surface area contributed by atoms with Crippen molar-refractivity contribution >= 4 is 0 Å². The van der Waals surface area contributed by atoms with Crippen molar-refractivity contribution in [2.45, 2.75) is 39.7 Å². The minimum Gasteiger partial charge on any atom is -0.352 e. The summed E-state index contributed by atoms with van der Waals surface area (Å²) in [6.07, 6.45) is 6.86. The Balaban J connectivity index is 2.44. The maximum absolute atomic E-state index is 2.32. The Kier molecular flexibility index (Phi) is 3.39. The van der Waals surface area contributed by atoms with Crippen molar-refractivity contribution in [3.8, 4) is 0 Å². The highest BCUT2D eigenvalue weighted by Gasteiger charge is 2.06. The first-order valence-electron chi connectivity index (χ1n) is 4.86. The second-order valence-electron chi connectivity index (χ2n) is 3.73. The minimum absolute atomic E-state index is 0.648. The Morgan fingerprint density at radius 2 is 1.75 bits per heavy atom. The zero-order chi connectivity index (χ0) is 8.97. The smallest absolute Gasteiger partial charge is 0.0304 e. The van der Waals surface area contributed by atoms with E-state index in [0.29, 0.717) is 6.04 Å². The fourth-order valence-corrected chi connectivity index (χ4v) is 1.51. The molecule has 0 aromatic carbocycles. The van der Waals surface area contributed by atoms with Crippen LogP contribution in [-0.4, -0.2) is 4.57 Å². The monoisotopic (exact) mass is 165 g/mol. The number of aromatic nitrogens is 1. The number of rotatable bonds is 4. The highest BCUT2D eigenvalue weighted by Crippen LogP contribution is 2.18. The van der Waals surface area contributed by atoms with E-state index in [9.17, 15) is 0 Å². The van der Waals surface area contributed by atoms with E-state index in [-0.39, 0.29) is 0 Å². The minimum atomic E-state index is 0.648. The van der Waals surface area contributed by atoms with Gasteiger partial charge in [-0.25, -0.2) is 0 Å². The lowest BCUT2D eigenvalue weighted by Gasteiger charge is -2.17. The molecule has 1 heteroatoms. The van der Waals surface area contributed by atoms with Crippen LogP contribution in [-0.2, 0) is 0 Å². The van der Waals surface area contributed by atoms with E-state index in [4.69, 9.17) is 0 Å². The first-order chi connectivity index (χ1) is 5.74. The van der Waals surface area contributed by atoms with Gasteiger partial charge < -0.3 is 4.57 Å². The Morgan fingerprint density at radius 3 is 2.25 bits per heavy atom. The molecule has 0 radical (unpaired) electrons. The van der Waals surface area contributed by atoms with Gasteiger partial charge in [-0.2, -0.15) is 0 Å². The fourth-order valence-electron chi connectivity index (χ4n) is 1.51. The van der Waals surface area contributed by atoms with Gasteiger partial charge in [0.05, 0.1) is 0 Å². The molecule has 0 fully saturated rings. The summed E-state index contributed by atoms with van der Waals surface area (Å²) in [5.41, 5.74) is 0. The van der Waals surface area contributed by atoms with Crippen LogP contribution in [0.4, 0.5) is 0 Å². The van der Waals surface area contributed by atoms with Gasteiger partial charge in [0.15, 0.2) is 0 Å². The third-order valence-corrected chi connectivity index (χ3v) is 2.58. The molecule has 1 rings (SSSR count). The molecule has 0 aliphatic heterocycles. The van der Waals surface area contributed by atoms with E-state index in [1.54, 1.807) is 0 Å². The Labute approximate surface area is 75.4 Å². The van der Waals surface area contributed by atoms with E-state index in [2.05, 4.69) is 49.9 Å². The number of hydrogen-bond acceptors (Lipinski definition) is 0. The highest BCUT2D eigenvalue weighted by atomic mass is 15.0. The summed E-state index contributed by atoms with van der Waals surface area (Å²) in [6.45, 7) is 6.86. The van der Waals surface area contributed by atoms with Crippen LogP contribution >= 0.6 is 0 Å². The van der Waals surface area contributed by atoms with Gasteiger partial charge in [0.2, 0.25) is 0 Å². The summed E-state index contributed by atoms with van der Waals surface area (Å²) < 4.78 is 2.28. The first kappa shape index (κ1) is 9.37. The molecule has 0 aliphatic carbocycles. The molecule has 1 aromatic heterocycles. The molecule has 0 saturated carbocycles. The third-order valence-electron chi connectivity index (χ3n) is 2.58. The van der Waals surface area contributed by atoms with Gasteiger partial charge >= 0.3 is 0 Å². The molecule has 68 valence electrons. The lowest BCUT2D eigenvalue weighted by Crippen LogP contribution is -2.06. The molecule has 1 heterocycles. The van der Waals surface area contributed by atoms with Crippen LogP contribution < -0.4 is 0 Å². The van der Waals surface area contributed by atoms with Crippen LogP contribution in [0.3, 0.4) is 0 Å². The zero-order valence-corrected chi connectivity index (χ0v) is 8.33. The number of nitrogens with zero attached hydrogens (tertiary/aromatic N) is 1. The average Bonchev–Trinajstić information content (AvgIpc) is 2.56. The van der Waals surface area contributed by atoms with E-state index in [0.717, 1.165) is 5.92 Å². The highest BCUT2D eigenvalue weighted by molar-refractivity contribution is 4.92. The normalized spacial score (nSPS) is 15.9. The van der Waals surface area contributed by atoms with Crippen molar-refractivity contribution in [1.29, 1.82) is 0 Å². The van der Waals surface area contributed by atoms with Crippen LogP contribution in [0.15, 0.2) is 24.5 Å². The molecule has 0 spiro atoms. The standard InChI is InChI=1S/C11H19N/c1-4-10(2)9-11(3)12-7-5-6-8-12/h5-8,10-11H,4,9H2,1-3H3. The summed E-state index contributed by atoms with van der Waals surface area (Å²) in [5, 5.41) is 0. The zero-order valence-electron chi connectivity index (χ0n) is 8.33. The van der Waals surface area contributed by atoms with E-state index < -0.39 is 0 Å². The van der Waals surface area contributed by atoms with Crippen molar-refractivity contribution in [3.63, 3.8) is 0 Å². The molecular weight excluding hydrogens is 146 g/mol. The predicted octanol–water partition coefficient (Wildman–Crippen LogP) is 3.49. The van der Waals surface area contributed by atoms with E-state index in [1.807, 2.05) is 0 Å². The Morgan fingerprint density at radius 1 is 1.17 bits per heavy atom. The summed E-state index contributed by atoms with van der Waals surface area (Å²) in [6, 6.07) is 4.83. The molecule has 2 unspecified atom stereocenters. The SMILES string of the molecule is CCC(C)CC(C)n1cccc1. The average molecular weight is 165 g/mol. The van der Waals surface area contributed by atoms with Crippen molar-refractivity contribution in [2.75, 3.05) is 0 Å². The molecule has 1 aromatic rings. The van der Waals surface area contributed by atoms with Gasteiger partial charge in [0.25, 0.3) is 0 Å². The molecule has 2 atom stereocenters. The predicted molar refractivity (Wildman–Crippen MR) is 53.2 cm³/mol. The number of hydrogen-bond donors (Lipinski definition) is 0. The van der Waals surface area contributed by atoms with Crippen LogP contribution in [0.2, 0.25) is 0 Å². The summed E-state index contributed by atoms with van der Waals surface area (Å²) >= 11 is 0. The van der Waals surface area contributed by atoms with Gasteiger partial charge in [-0.1, -0.05) is 20.3 Å². The second kappa shape index (κ2) is 4.34. The lowest BCUT2D eigenvalue weighted by atomic mass is 10.0. The Hall–Kier alpha value is -0.720. The third kappa shape index (κ3) is 2.40. The van der Waals surface area contributed by atoms with Gasteiger partial charge in [-0.15, -0.1) is 0 Å². The largest absolute Gasteiger partial charge is 0.352 e. The van der Waals surface area contributed by atoms with Crippen molar-refractivity contribution in [2.24, 2.45) is 5.92 Å². The topological polar surface area (TPSA) is 4.93 Å². The first-order valence-corrected chi connectivity index (χ1v) is 4.86. The van der Waals surface area contributed by atoms with Crippen LogP contribution in [0, 0.1) is 5.92 Å². The van der Waals surface area contributed by atoms with Gasteiger partial charge in [-0.05, 0) is 31.4 Å². The molecule has 0 saturated heterocycles. The van der Waals surface area contributed by atoms with Crippen LogP contribution in [0.1, 0.15) is 39.7 Å². The molecule has 0 amide bonds. The fraction of sp³-hybridized carbons (Fsp3) is 0.636.